The van der Waals surface area contributed by atoms with E-state index in [-0.39, 0.29) is 23.6 Å². The van der Waals surface area contributed by atoms with Gasteiger partial charge < -0.3 is 14.6 Å². The Labute approximate surface area is 111 Å². The quantitative estimate of drug-likeness (QED) is 0.738. The zero-order valence-corrected chi connectivity index (χ0v) is 11.2. The molecule has 0 spiro atoms. The lowest BCUT2D eigenvalue weighted by Gasteiger charge is -2.19. The number of hydrogen-bond acceptors (Lipinski definition) is 5. The molecule has 2 rings (SSSR count). The van der Waals surface area contributed by atoms with Crippen molar-refractivity contribution in [2.75, 3.05) is 0 Å². The smallest absolute Gasteiger partial charge is 0.211 e. The van der Waals surface area contributed by atoms with Gasteiger partial charge in [0.1, 0.15) is 17.3 Å². The molecule has 102 valence electrons. The minimum atomic E-state index is -0.144. The molecule has 0 saturated heterocycles. The Bertz CT molecular complexity index is 566. The fraction of sp³-hybridized carbons (Fsp3) is 0.357. The van der Waals surface area contributed by atoms with Gasteiger partial charge in [0.05, 0.1) is 12.2 Å². The van der Waals surface area contributed by atoms with Crippen LogP contribution < -0.4 is 5.32 Å². The van der Waals surface area contributed by atoms with Crippen molar-refractivity contribution in [3.05, 3.63) is 41.6 Å². The van der Waals surface area contributed by atoms with Gasteiger partial charge >= 0.3 is 0 Å². The summed E-state index contributed by atoms with van der Waals surface area (Å²) in [6, 6.07) is 4.23. The van der Waals surface area contributed by atoms with E-state index in [1.807, 2.05) is 20.8 Å². The maximum atomic E-state index is 9.80. The lowest BCUT2D eigenvalue weighted by Crippen LogP contribution is -2.22. The molecule has 5 heteroatoms. The van der Waals surface area contributed by atoms with Crippen molar-refractivity contribution >= 4 is 0 Å². The average molecular weight is 262 g/mol. The van der Waals surface area contributed by atoms with Crippen LogP contribution in [-0.2, 0) is 0 Å². The van der Waals surface area contributed by atoms with Crippen molar-refractivity contribution in [2.24, 2.45) is 0 Å². The Kier molecular flexibility index (Phi) is 3.76. The number of aromatic nitrogens is 1. The predicted molar refractivity (Wildman–Crippen MR) is 71.0 cm³/mol. The molecule has 0 aliphatic heterocycles. The number of nitrogens with zero attached hydrogens (tertiary/aromatic N) is 1. The molecule has 5 nitrogen and oxygen atoms in total. The first kappa shape index (κ1) is 13.4. The Hall–Kier alpha value is -2.01. The normalized spacial score (nSPS) is 14.3. The molecule has 0 fully saturated rings. The Morgan fingerprint density at radius 3 is 2.58 bits per heavy atom. The molecule has 0 radical (unpaired) electrons. The second-order valence-corrected chi connectivity index (χ2v) is 4.66. The van der Waals surface area contributed by atoms with E-state index in [1.54, 1.807) is 12.3 Å². The van der Waals surface area contributed by atoms with Gasteiger partial charge in [-0.25, -0.2) is 4.98 Å². The number of aryl methyl sites for hydroxylation is 1. The van der Waals surface area contributed by atoms with Gasteiger partial charge in [0, 0.05) is 11.6 Å². The maximum absolute atomic E-state index is 9.80. The van der Waals surface area contributed by atoms with Crippen LogP contribution in [0.25, 0.3) is 0 Å². The number of benzene rings is 1. The number of aromatic hydroxyl groups is 2. The van der Waals surface area contributed by atoms with Crippen LogP contribution in [0, 0.1) is 6.92 Å². The van der Waals surface area contributed by atoms with Crippen molar-refractivity contribution in [3.8, 4) is 11.5 Å². The van der Waals surface area contributed by atoms with Crippen molar-refractivity contribution in [1.82, 2.24) is 10.3 Å². The zero-order chi connectivity index (χ0) is 14.0. The maximum Gasteiger partial charge on any atom is 0.211 e. The predicted octanol–water partition coefficient (Wildman–Crippen LogP) is 2.81. The van der Waals surface area contributed by atoms with E-state index in [9.17, 15) is 10.2 Å². The van der Waals surface area contributed by atoms with Crippen molar-refractivity contribution < 1.29 is 14.6 Å². The summed E-state index contributed by atoms with van der Waals surface area (Å²) in [6.45, 7) is 5.68. The minimum absolute atomic E-state index is 0.0922. The van der Waals surface area contributed by atoms with Crippen LogP contribution in [0.2, 0.25) is 0 Å². The molecule has 0 aliphatic carbocycles. The molecular weight excluding hydrogens is 244 g/mol. The van der Waals surface area contributed by atoms with Crippen LogP contribution in [0.5, 0.6) is 11.5 Å². The highest BCUT2D eigenvalue weighted by Crippen LogP contribution is 2.29. The summed E-state index contributed by atoms with van der Waals surface area (Å²) < 4.78 is 5.45. The van der Waals surface area contributed by atoms with E-state index in [4.69, 9.17) is 4.42 Å². The molecule has 0 amide bonds. The van der Waals surface area contributed by atoms with Crippen LogP contribution in [0.15, 0.2) is 28.8 Å². The summed E-state index contributed by atoms with van der Waals surface area (Å²) >= 11 is 0. The summed E-state index contributed by atoms with van der Waals surface area (Å²) in [5.41, 5.74) is 0.634. The second kappa shape index (κ2) is 5.32. The second-order valence-electron chi connectivity index (χ2n) is 4.66. The van der Waals surface area contributed by atoms with Gasteiger partial charge in [-0.2, -0.15) is 0 Å². The van der Waals surface area contributed by atoms with Gasteiger partial charge in [-0.15, -0.1) is 0 Å². The first-order chi connectivity index (χ1) is 8.97. The van der Waals surface area contributed by atoms with Gasteiger partial charge in [-0.3, -0.25) is 5.32 Å². The molecule has 0 saturated carbocycles. The first-order valence-corrected chi connectivity index (χ1v) is 6.17. The first-order valence-electron chi connectivity index (χ1n) is 6.17. The summed E-state index contributed by atoms with van der Waals surface area (Å²) in [4.78, 5) is 4.16. The number of phenols is 2. The molecule has 2 unspecified atom stereocenters. The van der Waals surface area contributed by atoms with Gasteiger partial charge in [-0.1, -0.05) is 0 Å². The summed E-state index contributed by atoms with van der Waals surface area (Å²) in [5, 5.41) is 22.5. The highest BCUT2D eigenvalue weighted by Gasteiger charge is 2.17. The Morgan fingerprint density at radius 2 is 1.95 bits per heavy atom. The van der Waals surface area contributed by atoms with Crippen LogP contribution in [0.4, 0.5) is 0 Å². The van der Waals surface area contributed by atoms with E-state index in [0.717, 1.165) is 5.76 Å². The molecule has 3 N–H and O–H groups in total. The third-order valence-electron chi connectivity index (χ3n) is 2.99. The Morgan fingerprint density at radius 1 is 1.21 bits per heavy atom. The molecule has 2 aromatic rings. The number of oxazole rings is 1. The van der Waals surface area contributed by atoms with Crippen molar-refractivity contribution in [1.29, 1.82) is 0 Å². The summed E-state index contributed by atoms with van der Waals surface area (Å²) in [7, 11) is 0. The lowest BCUT2D eigenvalue weighted by molar-refractivity contribution is 0.372. The third-order valence-corrected chi connectivity index (χ3v) is 2.99. The SMILES string of the molecule is Cc1cnc(C(C)NC(C)c2cc(O)ccc2O)o1. The van der Waals surface area contributed by atoms with E-state index in [1.165, 1.54) is 12.1 Å². The molecule has 0 bridgehead atoms. The van der Waals surface area contributed by atoms with Crippen molar-refractivity contribution in [2.45, 2.75) is 32.9 Å². The fourth-order valence-corrected chi connectivity index (χ4v) is 2.00. The standard InChI is InChI=1S/C14H18N2O3/c1-8-7-15-14(19-8)10(3)16-9(2)12-6-11(17)4-5-13(12)18/h4-7,9-10,16-18H,1-3H3. The highest BCUT2D eigenvalue weighted by atomic mass is 16.4. The summed E-state index contributed by atoms with van der Waals surface area (Å²) in [6.07, 6.45) is 1.67. The van der Waals surface area contributed by atoms with Gasteiger partial charge in [0.2, 0.25) is 5.89 Å². The lowest BCUT2D eigenvalue weighted by atomic mass is 10.1. The number of phenolic OH excluding ortho intramolecular Hbond substituents is 2. The number of nitrogens with one attached hydrogen (secondary N) is 1. The fourth-order valence-electron chi connectivity index (χ4n) is 2.00. The van der Waals surface area contributed by atoms with Crippen LogP contribution in [0.1, 0.15) is 43.1 Å². The van der Waals surface area contributed by atoms with E-state index >= 15 is 0 Å². The largest absolute Gasteiger partial charge is 0.508 e. The Balaban J connectivity index is 2.12. The monoisotopic (exact) mass is 262 g/mol. The minimum Gasteiger partial charge on any atom is -0.508 e. The molecule has 1 aromatic carbocycles. The molecule has 1 heterocycles. The van der Waals surface area contributed by atoms with Gasteiger partial charge in [-0.05, 0) is 39.0 Å². The molecular formula is C14H18N2O3. The van der Waals surface area contributed by atoms with E-state index in [2.05, 4.69) is 10.3 Å². The third kappa shape index (κ3) is 3.06. The topological polar surface area (TPSA) is 78.5 Å². The van der Waals surface area contributed by atoms with Crippen LogP contribution in [0.3, 0.4) is 0 Å². The van der Waals surface area contributed by atoms with Crippen LogP contribution in [-0.4, -0.2) is 15.2 Å². The molecule has 0 aliphatic rings. The van der Waals surface area contributed by atoms with Crippen LogP contribution >= 0.6 is 0 Å². The van der Waals surface area contributed by atoms with Crippen molar-refractivity contribution in [3.63, 3.8) is 0 Å². The van der Waals surface area contributed by atoms with Gasteiger partial charge in [0.15, 0.2) is 0 Å². The highest BCUT2D eigenvalue weighted by molar-refractivity contribution is 5.40. The van der Waals surface area contributed by atoms with E-state index < -0.39 is 0 Å². The molecule has 2 atom stereocenters. The number of rotatable bonds is 4. The van der Waals surface area contributed by atoms with E-state index in [0.29, 0.717) is 11.5 Å². The van der Waals surface area contributed by atoms with Gasteiger partial charge in [0.25, 0.3) is 0 Å². The molecule has 19 heavy (non-hydrogen) atoms. The molecule has 1 aromatic heterocycles. The summed E-state index contributed by atoms with van der Waals surface area (Å²) in [5.74, 6) is 1.63. The average Bonchev–Trinajstić information content (AvgIpc) is 2.79. The zero-order valence-electron chi connectivity index (χ0n) is 11.2. The number of hydrogen-bond donors (Lipinski definition) is 3.